The second-order valence-electron chi connectivity index (χ2n) is 9.91. The molecule has 13 heteroatoms. The van der Waals surface area contributed by atoms with Crippen LogP contribution in [0.3, 0.4) is 0 Å². The average molecular weight is 547 g/mol. The molecule has 1 aromatic heterocycles. The number of β-lactam (4-membered cyclic amide) rings is 1. The summed E-state index contributed by atoms with van der Waals surface area (Å²) in [6.45, 7) is 8.52. The molecule has 2 saturated heterocycles. The fraction of sp³-hybridized carbons (Fsp3) is 0.652. The Bertz CT molecular complexity index is 1040. The van der Waals surface area contributed by atoms with Gasteiger partial charge in [0, 0.05) is 34.5 Å². The fourth-order valence-electron chi connectivity index (χ4n) is 5.05. The Morgan fingerprint density at radius 3 is 2.56 bits per heavy atom. The van der Waals surface area contributed by atoms with Gasteiger partial charge in [0.1, 0.15) is 5.82 Å². The molecule has 3 aliphatic heterocycles. The summed E-state index contributed by atoms with van der Waals surface area (Å²) in [6, 6.07) is -0.349. The molecule has 1 aromatic rings. The van der Waals surface area contributed by atoms with Crippen molar-refractivity contribution in [3.8, 4) is 0 Å². The van der Waals surface area contributed by atoms with Gasteiger partial charge in [-0.15, -0.1) is 23.1 Å². The number of nitrogens with zero attached hydrogens (tertiary/aromatic N) is 3. The fourth-order valence-corrected chi connectivity index (χ4v) is 7.34. The molecule has 0 saturated carbocycles. The molecule has 2 fully saturated rings. The van der Waals surface area contributed by atoms with Gasteiger partial charge in [0.2, 0.25) is 11.8 Å². The van der Waals surface area contributed by atoms with Crippen LogP contribution in [0.15, 0.2) is 16.0 Å². The van der Waals surface area contributed by atoms with Crippen LogP contribution in [0, 0.1) is 23.7 Å². The molecule has 192 valence electrons. The molecular formula is C23H31N4NaO6S2. The van der Waals surface area contributed by atoms with Gasteiger partial charge < -0.3 is 35.2 Å². The number of fused-ring (bicyclic) bond motifs is 1. The van der Waals surface area contributed by atoms with E-state index in [0.717, 1.165) is 5.13 Å². The van der Waals surface area contributed by atoms with Crippen LogP contribution in [0.25, 0.3) is 0 Å². The van der Waals surface area contributed by atoms with Gasteiger partial charge in [-0.05, 0) is 19.3 Å². The molecule has 3 N–H and O–H groups in total. The van der Waals surface area contributed by atoms with Crippen LogP contribution in [0.5, 0.6) is 0 Å². The van der Waals surface area contributed by atoms with Gasteiger partial charge in [0.05, 0.1) is 42.3 Å². The predicted octanol–water partition coefficient (Wildman–Crippen LogP) is -2.52. The van der Waals surface area contributed by atoms with E-state index in [9.17, 15) is 29.7 Å². The molecule has 36 heavy (non-hydrogen) atoms. The summed E-state index contributed by atoms with van der Waals surface area (Å²) in [5.74, 6) is -2.50. The van der Waals surface area contributed by atoms with Crippen molar-refractivity contribution in [2.24, 2.45) is 23.7 Å². The summed E-state index contributed by atoms with van der Waals surface area (Å²) in [4.78, 5) is 45.2. The number of carboxylic acid groups (broad SMARTS) is 1. The maximum atomic E-state index is 12.5. The summed E-state index contributed by atoms with van der Waals surface area (Å²) in [5.41, 5.74) is -0.0630. The van der Waals surface area contributed by atoms with Crippen LogP contribution in [-0.4, -0.2) is 75.0 Å². The summed E-state index contributed by atoms with van der Waals surface area (Å²) >= 11 is 2.86. The number of anilines is 2. The van der Waals surface area contributed by atoms with E-state index in [1.54, 1.807) is 12.3 Å². The minimum atomic E-state index is -1.37. The molecule has 10 nitrogen and oxygen atoms in total. The number of hydrogen-bond acceptors (Lipinski definition) is 10. The van der Waals surface area contributed by atoms with E-state index in [4.69, 9.17) is 0 Å². The molecule has 2 amide bonds. The first-order valence-corrected chi connectivity index (χ1v) is 13.5. The summed E-state index contributed by atoms with van der Waals surface area (Å²) in [5, 5.41) is 36.7. The number of thiazole rings is 1. The quantitative estimate of drug-likeness (QED) is 0.214. The average Bonchev–Trinajstić information content (AvgIpc) is 3.28. The van der Waals surface area contributed by atoms with E-state index in [0.29, 0.717) is 30.2 Å². The van der Waals surface area contributed by atoms with E-state index in [-0.39, 0.29) is 76.8 Å². The molecular weight excluding hydrogens is 515 g/mol. The Morgan fingerprint density at radius 1 is 1.33 bits per heavy atom. The number of aliphatic carboxylic acids is 1. The van der Waals surface area contributed by atoms with Crippen molar-refractivity contribution in [3.05, 3.63) is 16.0 Å². The van der Waals surface area contributed by atoms with Crippen molar-refractivity contribution in [2.45, 2.75) is 51.5 Å². The number of carbonyl (C=O) groups is 3. The summed E-state index contributed by atoms with van der Waals surface area (Å²) < 4.78 is 0. The molecule has 0 spiro atoms. The van der Waals surface area contributed by atoms with Gasteiger partial charge in [-0.3, -0.25) is 9.59 Å². The molecule has 0 aliphatic carbocycles. The largest absolute Gasteiger partial charge is 1.00 e. The second-order valence-corrected chi connectivity index (χ2v) is 12.1. The standard InChI is InChI=1S/C23H32N4O6S2.Na/c1-10(2)5-13(8-28)20(30)24-15-9-34-23(25-15)26-6-14(7-26)35-19-11(3)17-16(12(4)29)21(31)27(17)18(19)22(32)33;/h9-14,16-17,28-29H,5-8H2,1-4H3,(H,24,30)(H,32,33);/q;+1/p-1/t11-,12-,13+,16-,17-;/m1./s1. The maximum absolute atomic E-state index is 12.5. The SMILES string of the molecule is CC(C)C[C@@H](CO)C(=O)Nc1csc(N2CC(SC3=C(C(=O)[O-])N4C(=O)[C@H]([C@@H](C)O)[C@H]4[C@H]3C)C2)n1.[Na+]. The smallest absolute Gasteiger partial charge is 0.543 e. The number of aromatic nitrogens is 1. The van der Waals surface area contributed by atoms with Crippen molar-refractivity contribution in [2.75, 3.05) is 29.9 Å². The van der Waals surface area contributed by atoms with Gasteiger partial charge in [0.15, 0.2) is 5.13 Å². The third kappa shape index (κ3) is 5.50. The topological polar surface area (TPSA) is 146 Å². The van der Waals surface area contributed by atoms with Crippen LogP contribution in [0.1, 0.15) is 34.1 Å². The van der Waals surface area contributed by atoms with E-state index < -0.39 is 23.9 Å². The van der Waals surface area contributed by atoms with E-state index in [1.165, 1.54) is 28.0 Å². The van der Waals surface area contributed by atoms with Gasteiger partial charge in [-0.1, -0.05) is 20.8 Å². The zero-order valence-corrected chi connectivity index (χ0v) is 24.8. The second kappa shape index (κ2) is 11.7. The Kier molecular flexibility index (Phi) is 9.57. The third-order valence-electron chi connectivity index (χ3n) is 6.80. The van der Waals surface area contributed by atoms with Crippen LogP contribution in [0.4, 0.5) is 10.9 Å². The van der Waals surface area contributed by atoms with Crippen LogP contribution in [-0.2, 0) is 14.4 Å². The Labute approximate surface area is 240 Å². The van der Waals surface area contributed by atoms with E-state index >= 15 is 0 Å². The molecule has 3 aliphatic rings. The molecule has 0 bridgehead atoms. The zero-order valence-electron chi connectivity index (χ0n) is 21.1. The minimum absolute atomic E-state index is 0. The monoisotopic (exact) mass is 546 g/mol. The molecule has 0 radical (unpaired) electrons. The van der Waals surface area contributed by atoms with Gasteiger partial charge in [-0.2, -0.15) is 0 Å². The van der Waals surface area contributed by atoms with Crippen molar-refractivity contribution in [1.29, 1.82) is 0 Å². The number of nitrogens with one attached hydrogen (secondary N) is 1. The summed E-state index contributed by atoms with van der Waals surface area (Å²) in [7, 11) is 0. The summed E-state index contributed by atoms with van der Waals surface area (Å²) in [6.07, 6.45) is -0.246. The molecule has 0 aromatic carbocycles. The Hall–Kier alpha value is -1.15. The van der Waals surface area contributed by atoms with Crippen molar-refractivity contribution >= 4 is 51.8 Å². The number of amides is 2. The first-order chi connectivity index (χ1) is 16.5. The van der Waals surface area contributed by atoms with Crippen molar-refractivity contribution in [1.82, 2.24) is 9.88 Å². The van der Waals surface area contributed by atoms with E-state index in [1.807, 2.05) is 25.7 Å². The van der Waals surface area contributed by atoms with Crippen LogP contribution in [0.2, 0.25) is 0 Å². The van der Waals surface area contributed by atoms with Gasteiger partial charge in [0.25, 0.3) is 0 Å². The van der Waals surface area contributed by atoms with Gasteiger partial charge >= 0.3 is 29.6 Å². The number of aliphatic hydroxyl groups excluding tert-OH is 2. The van der Waals surface area contributed by atoms with Crippen LogP contribution >= 0.6 is 23.1 Å². The predicted molar refractivity (Wildman–Crippen MR) is 131 cm³/mol. The number of carboxylic acids is 1. The number of aliphatic hydroxyl groups is 2. The van der Waals surface area contributed by atoms with Gasteiger partial charge in [-0.25, -0.2) is 4.98 Å². The molecule has 0 unspecified atom stereocenters. The third-order valence-corrected chi connectivity index (χ3v) is 9.16. The number of carbonyl (C=O) groups excluding carboxylic acids is 3. The number of hydrogen-bond donors (Lipinski definition) is 3. The van der Waals surface area contributed by atoms with Crippen molar-refractivity contribution < 1.29 is 59.3 Å². The molecule has 4 heterocycles. The molecule has 5 atom stereocenters. The zero-order chi connectivity index (χ0) is 25.6. The first-order valence-electron chi connectivity index (χ1n) is 11.8. The Morgan fingerprint density at radius 2 is 2.00 bits per heavy atom. The van der Waals surface area contributed by atoms with Crippen molar-refractivity contribution in [3.63, 3.8) is 0 Å². The Balaban J connectivity index is 0.00000361. The number of rotatable bonds is 10. The number of thioether (sulfide) groups is 1. The van der Waals surface area contributed by atoms with E-state index in [2.05, 4.69) is 10.3 Å². The van der Waals surface area contributed by atoms with Crippen LogP contribution < -0.4 is 44.9 Å². The minimum Gasteiger partial charge on any atom is -0.543 e. The maximum Gasteiger partial charge on any atom is 1.00 e. The first kappa shape index (κ1) is 29.4. The molecule has 4 rings (SSSR count). The normalized spacial score (nSPS) is 25.2.